The fraction of sp³-hybridized carbons (Fsp3) is 0. The Balaban J connectivity index is 1.40. The third-order valence-corrected chi connectivity index (χ3v) is 9.16. The van der Waals surface area contributed by atoms with Crippen LogP contribution in [0, 0.1) is 0 Å². The van der Waals surface area contributed by atoms with Gasteiger partial charge in [0, 0.05) is 38.4 Å². The summed E-state index contributed by atoms with van der Waals surface area (Å²) in [6, 6.07) is -29.1. The van der Waals surface area contributed by atoms with Crippen molar-refractivity contribution in [2.75, 3.05) is 0 Å². The molecule has 12 rings (SSSR count). The van der Waals surface area contributed by atoms with E-state index in [1.165, 1.54) is 0 Å². The molecule has 0 N–H and O–H groups in total. The van der Waals surface area contributed by atoms with Gasteiger partial charge in [-0.25, -0.2) is 4.98 Å². The molecule has 0 unspecified atom stereocenters. The van der Waals surface area contributed by atoms with E-state index >= 15 is 0 Å². The van der Waals surface area contributed by atoms with Crippen molar-refractivity contribution in [2.24, 2.45) is 0 Å². The molecule has 5 heteroatoms. The van der Waals surface area contributed by atoms with Gasteiger partial charge < -0.3 is 4.57 Å². The summed E-state index contributed by atoms with van der Waals surface area (Å²) in [4.78, 5) is 13.3. The van der Waals surface area contributed by atoms with Gasteiger partial charge in [0.05, 0.1) is 64.6 Å². The van der Waals surface area contributed by atoms with E-state index < -0.39 is 298 Å². The maximum atomic E-state index is 10.2. The first-order chi connectivity index (χ1) is 40.7. The fourth-order valence-electron chi connectivity index (χ4n) is 6.92. The number of para-hydroxylation sites is 2. The lowest BCUT2D eigenvalue weighted by molar-refractivity contribution is 0.955. The minimum atomic E-state index is -1.07. The van der Waals surface area contributed by atoms with E-state index in [2.05, 4.69) is 15.0 Å². The Morgan fingerprint density at radius 3 is 1.41 bits per heavy atom. The maximum Gasteiger partial charge on any atom is 0.238 e. The molecule has 5 nitrogen and oxygen atoms in total. The van der Waals surface area contributed by atoms with Crippen LogP contribution in [-0.2, 0) is 0 Å². The standard InChI is InChI=1S/C51H31N5/c1-3-15-32(16-4-1)49-52-50(33-17-5-2-6-18-33)54-51(53-49)56-44-25-13-11-23-40(44)41-29-30-46-47(48(41)56)42-24-12-14-26-45(42)55(46)34-27-28-39-37-21-8-7-19-35(37)36-20-9-10-22-38(36)43(39)31-34/h1-31H/i1D,2D,3D,4D,5D,6D,7D,8D,9D,10D,11D,12D,13D,14D,15D,16D,17D,18D,19D,20D,21D,22D,23D,24D,25D,26D,27D,28D,29D,30D,31D. The maximum absolute atomic E-state index is 10.2. The van der Waals surface area contributed by atoms with Gasteiger partial charge in [0.1, 0.15) is 0 Å². The molecule has 0 aliphatic carbocycles. The van der Waals surface area contributed by atoms with E-state index in [1.807, 2.05) is 0 Å². The largest absolute Gasteiger partial charge is 0.309 e. The van der Waals surface area contributed by atoms with E-state index in [0.29, 0.717) is 0 Å². The molecule has 9 aromatic carbocycles. The molecular weight excluding hydrogens is 683 g/mol. The molecule has 260 valence electrons. The van der Waals surface area contributed by atoms with Crippen LogP contribution in [0.15, 0.2) is 187 Å². The Bertz CT molecular complexity index is 5170. The van der Waals surface area contributed by atoms with Gasteiger partial charge in [0.15, 0.2) is 11.6 Å². The lowest BCUT2D eigenvalue weighted by atomic mass is 9.94. The van der Waals surface area contributed by atoms with Gasteiger partial charge in [-0.15, -0.1) is 0 Å². The second-order valence-electron chi connectivity index (χ2n) is 12.1. The van der Waals surface area contributed by atoms with Gasteiger partial charge >= 0.3 is 0 Å². The molecule has 0 aliphatic rings. The van der Waals surface area contributed by atoms with Crippen molar-refractivity contribution in [3.8, 4) is 34.4 Å². The number of aromatic nitrogens is 5. The van der Waals surface area contributed by atoms with Crippen LogP contribution in [0.1, 0.15) is 42.5 Å². The highest BCUT2D eigenvalue weighted by Gasteiger charge is 2.23. The monoisotopic (exact) mass is 744 g/mol. The molecule has 56 heavy (non-hydrogen) atoms. The molecule has 0 fully saturated rings. The predicted molar refractivity (Wildman–Crippen MR) is 232 cm³/mol. The fourth-order valence-corrected chi connectivity index (χ4v) is 6.92. The summed E-state index contributed by atoms with van der Waals surface area (Å²) in [7, 11) is 0. The Morgan fingerprint density at radius 1 is 0.339 bits per heavy atom. The van der Waals surface area contributed by atoms with Crippen LogP contribution in [-0.4, -0.2) is 24.1 Å². The average Bonchev–Trinajstić information content (AvgIpc) is 1.61. The Kier molecular flexibility index (Phi) is 2.83. The highest BCUT2D eigenvalue weighted by Crippen LogP contribution is 2.43. The number of benzene rings is 9. The number of hydrogen-bond donors (Lipinski definition) is 0. The first kappa shape index (κ1) is 13.3. The lowest BCUT2D eigenvalue weighted by Gasteiger charge is -2.14. The molecule has 0 amide bonds. The van der Waals surface area contributed by atoms with Crippen LogP contribution >= 0.6 is 0 Å². The third-order valence-electron chi connectivity index (χ3n) is 9.16. The van der Waals surface area contributed by atoms with E-state index in [-0.39, 0.29) is 0 Å². The second-order valence-corrected chi connectivity index (χ2v) is 12.1. The molecule has 0 spiro atoms. The van der Waals surface area contributed by atoms with Crippen molar-refractivity contribution in [3.63, 3.8) is 0 Å². The van der Waals surface area contributed by atoms with E-state index in [0.717, 1.165) is 9.13 Å². The highest BCUT2D eigenvalue weighted by molar-refractivity contribution is 6.27. The molecule has 0 saturated carbocycles. The summed E-state index contributed by atoms with van der Waals surface area (Å²) in [6.45, 7) is 0. The van der Waals surface area contributed by atoms with Crippen molar-refractivity contribution in [2.45, 2.75) is 0 Å². The zero-order valence-electron chi connectivity index (χ0n) is 58.7. The first-order valence-electron chi connectivity index (χ1n) is 31.9. The van der Waals surface area contributed by atoms with Crippen molar-refractivity contribution < 1.29 is 42.5 Å². The lowest BCUT2D eigenvalue weighted by Crippen LogP contribution is -2.06. The first-order valence-corrected chi connectivity index (χ1v) is 16.4. The van der Waals surface area contributed by atoms with Crippen LogP contribution in [0.25, 0.3) is 110 Å². The molecule has 0 radical (unpaired) electrons. The summed E-state index contributed by atoms with van der Waals surface area (Å²) < 4.78 is 283. The molecular formula is C51H31N5. The summed E-state index contributed by atoms with van der Waals surface area (Å²) in [5, 5.41) is -5.99. The Hall–Kier alpha value is -7.63. The quantitative estimate of drug-likeness (QED) is 0.169. The summed E-state index contributed by atoms with van der Waals surface area (Å²) >= 11 is 0. The van der Waals surface area contributed by atoms with Crippen molar-refractivity contribution in [3.05, 3.63) is 187 Å². The number of nitrogens with zero attached hydrogens (tertiary/aromatic N) is 5. The Labute approximate surface area is 364 Å². The summed E-state index contributed by atoms with van der Waals surface area (Å²) in [5.74, 6) is -2.73. The molecule has 0 saturated heterocycles. The van der Waals surface area contributed by atoms with Crippen LogP contribution in [0.2, 0.25) is 0 Å². The second kappa shape index (κ2) is 11.9. The van der Waals surface area contributed by atoms with E-state index in [4.69, 9.17) is 28.8 Å². The number of hydrogen-bond acceptors (Lipinski definition) is 3. The summed E-state index contributed by atoms with van der Waals surface area (Å²) in [5.41, 5.74) is -5.31. The van der Waals surface area contributed by atoms with Gasteiger partial charge in [0.2, 0.25) is 5.95 Å². The Morgan fingerprint density at radius 2 is 0.804 bits per heavy atom. The minimum Gasteiger partial charge on any atom is -0.309 e. The topological polar surface area (TPSA) is 48.5 Å². The zero-order chi connectivity index (χ0) is 63.7. The normalized spacial score (nSPS) is 19.7. The van der Waals surface area contributed by atoms with Crippen LogP contribution in [0.3, 0.4) is 0 Å². The zero-order valence-corrected chi connectivity index (χ0v) is 27.7. The third kappa shape index (κ3) is 4.46. The van der Waals surface area contributed by atoms with Crippen molar-refractivity contribution >= 4 is 75.9 Å². The van der Waals surface area contributed by atoms with E-state index in [9.17, 15) is 13.7 Å². The van der Waals surface area contributed by atoms with E-state index in [1.54, 1.807) is 0 Å². The van der Waals surface area contributed by atoms with Gasteiger partial charge in [-0.05, 0) is 62.5 Å². The van der Waals surface area contributed by atoms with Gasteiger partial charge in [-0.3, -0.25) is 4.57 Å². The van der Waals surface area contributed by atoms with Crippen molar-refractivity contribution in [1.29, 1.82) is 0 Å². The van der Waals surface area contributed by atoms with Gasteiger partial charge in [-0.1, -0.05) is 157 Å². The molecule has 0 bridgehead atoms. The highest BCUT2D eigenvalue weighted by atomic mass is 15.2. The van der Waals surface area contributed by atoms with Gasteiger partial charge in [-0.2, -0.15) is 9.97 Å². The summed E-state index contributed by atoms with van der Waals surface area (Å²) in [6.07, 6.45) is 0. The van der Waals surface area contributed by atoms with Gasteiger partial charge in [0.25, 0.3) is 0 Å². The van der Waals surface area contributed by atoms with Crippen LogP contribution < -0.4 is 0 Å². The molecule has 3 aromatic heterocycles. The molecule has 0 atom stereocenters. The molecule has 12 aromatic rings. The smallest absolute Gasteiger partial charge is 0.238 e. The average molecular weight is 745 g/mol. The number of fused-ring (bicyclic) bond motifs is 13. The molecule has 0 aliphatic heterocycles. The molecule has 3 heterocycles. The van der Waals surface area contributed by atoms with Crippen LogP contribution in [0.4, 0.5) is 0 Å². The van der Waals surface area contributed by atoms with Crippen LogP contribution in [0.5, 0.6) is 0 Å². The number of rotatable bonds is 4. The predicted octanol–water partition coefficient (Wildman–Crippen LogP) is 12.9. The minimum absolute atomic E-state index is 0.513. The van der Waals surface area contributed by atoms with Crippen molar-refractivity contribution in [1.82, 2.24) is 24.1 Å². The SMILES string of the molecule is [2H]c1c([2H])c([2H])c(-c2nc(-c3c([2H])c([2H])c([2H])c([2H])c3[2H])nc(-n3c4c([2H])c([2H])c([2H])c([2H])c4c4c([2H])c([2H])c5c(c6c([2H])c([2H])c([2H])c([2H])c6n5-c5c([2H])c([2H])c6c7c([2H])c([2H])c([2H])c([2H])c7c7c([2H])c([2H])c([2H])c([2H])c7c6c5[2H])c43)n2)c([2H])c1[2H].